The first kappa shape index (κ1) is 16.1. The number of carbonyl (C=O) groups excluding carboxylic acids is 1. The minimum absolute atomic E-state index is 0.127. The van der Waals surface area contributed by atoms with Crippen LogP contribution in [0.3, 0.4) is 0 Å². The highest BCUT2D eigenvalue weighted by molar-refractivity contribution is 8.01. The molecule has 3 rings (SSSR count). The maximum absolute atomic E-state index is 11.7. The van der Waals surface area contributed by atoms with E-state index in [0.717, 1.165) is 48.5 Å². The molecule has 2 aliphatic heterocycles. The largest absolute Gasteiger partial charge is 0.441 e. The van der Waals surface area contributed by atoms with Gasteiger partial charge in [-0.3, -0.25) is 4.79 Å². The Bertz CT molecular complexity index is 669. The lowest BCUT2D eigenvalue weighted by Gasteiger charge is -2.28. The minimum atomic E-state index is -0.546. The summed E-state index contributed by atoms with van der Waals surface area (Å²) < 4.78 is 5.70. The second-order valence-electron chi connectivity index (χ2n) is 5.91. The van der Waals surface area contributed by atoms with E-state index in [1.165, 1.54) is 0 Å². The molecule has 0 aliphatic carbocycles. The Labute approximate surface area is 141 Å². The van der Waals surface area contributed by atoms with Gasteiger partial charge in [0.1, 0.15) is 5.84 Å². The number of nitrogens with zero attached hydrogens (tertiary/aromatic N) is 1. The van der Waals surface area contributed by atoms with Gasteiger partial charge in [-0.2, -0.15) is 0 Å². The van der Waals surface area contributed by atoms with Crippen molar-refractivity contribution in [2.24, 2.45) is 4.99 Å². The van der Waals surface area contributed by atoms with E-state index in [1.54, 1.807) is 11.8 Å². The molecule has 1 atom stereocenters. The summed E-state index contributed by atoms with van der Waals surface area (Å²) in [5.74, 6) is 1.21. The fourth-order valence-electron chi connectivity index (χ4n) is 2.83. The molecule has 122 valence electrons. The quantitative estimate of drug-likeness (QED) is 0.827. The van der Waals surface area contributed by atoms with Crippen molar-refractivity contribution in [2.45, 2.75) is 44.5 Å². The second kappa shape index (κ2) is 6.79. The van der Waals surface area contributed by atoms with E-state index in [1.807, 2.05) is 18.2 Å². The highest BCUT2D eigenvalue weighted by Gasteiger charge is 2.45. The molecule has 0 bridgehead atoms. The third-order valence-electron chi connectivity index (χ3n) is 4.12. The zero-order chi connectivity index (χ0) is 16.3. The molecule has 0 saturated carbocycles. The van der Waals surface area contributed by atoms with E-state index in [2.05, 4.69) is 31.3 Å². The molecule has 0 aromatic heterocycles. The van der Waals surface area contributed by atoms with Crippen molar-refractivity contribution in [3.8, 4) is 0 Å². The third-order valence-corrected chi connectivity index (χ3v) is 5.47. The number of unbranched alkanes of at least 4 members (excludes halogenated alkanes) is 1. The minimum Gasteiger partial charge on any atom is -0.441 e. The van der Waals surface area contributed by atoms with Crippen molar-refractivity contribution in [2.75, 3.05) is 5.75 Å². The van der Waals surface area contributed by atoms with Crippen molar-refractivity contribution in [1.29, 1.82) is 0 Å². The average Bonchev–Trinajstić information content (AvgIpc) is 3.15. The Morgan fingerprint density at radius 3 is 2.91 bits per heavy atom. The number of esters is 1. The van der Waals surface area contributed by atoms with Crippen LogP contribution in [0.25, 0.3) is 0 Å². The Kier molecular flexibility index (Phi) is 4.76. The van der Waals surface area contributed by atoms with Gasteiger partial charge in [0.25, 0.3) is 0 Å². The first-order valence-corrected chi connectivity index (χ1v) is 9.08. The third kappa shape index (κ3) is 3.44. The lowest BCUT2D eigenvalue weighted by atomic mass is 10.1. The van der Waals surface area contributed by atoms with Crippen LogP contribution in [0.2, 0.25) is 0 Å². The molecule has 1 N–H and O–H groups in total. The van der Waals surface area contributed by atoms with E-state index in [0.29, 0.717) is 5.75 Å². The van der Waals surface area contributed by atoms with Crippen molar-refractivity contribution in [1.82, 2.24) is 5.32 Å². The highest BCUT2D eigenvalue weighted by atomic mass is 32.2. The molecule has 2 aliphatic rings. The molecule has 1 aromatic rings. The summed E-state index contributed by atoms with van der Waals surface area (Å²) in [5, 5.41) is 3.39. The summed E-state index contributed by atoms with van der Waals surface area (Å²) in [4.78, 5) is 15.8. The Balaban J connectivity index is 1.77. The van der Waals surface area contributed by atoms with Crippen molar-refractivity contribution in [3.63, 3.8) is 0 Å². The predicted octanol–water partition coefficient (Wildman–Crippen LogP) is 4.08. The van der Waals surface area contributed by atoms with Gasteiger partial charge in [0.2, 0.25) is 0 Å². The standard InChI is InChI=1S/C18H22N2O2S/c1-3-4-11-18(22-17(21)12-23-18)15-9-10-16(20-15)19-14-8-6-5-7-13(14)2/h5-9H,3-4,10-12H2,1-2H3,(H,19,20)/t18-/m0/s1. The van der Waals surface area contributed by atoms with Crippen LogP contribution >= 0.6 is 11.8 Å². The number of nitrogens with one attached hydrogen (secondary N) is 1. The van der Waals surface area contributed by atoms with Gasteiger partial charge in [0.05, 0.1) is 17.1 Å². The Morgan fingerprint density at radius 1 is 1.39 bits per heavy atom. The van der Waals surface area contributed by atoms with Crippen LogP contribution in [-0.4, -0.2) is 22.5 Å². The Morgan fingerprint density at radius 2 is 2.22 bits per heavy atom. The van der Waals surface area contributed by atoms with Crippen LogP contribution in [0.15, 0.2) is 41.0 Å². The molecule has 23 heavy (non-hydrogen) atoms. The van der Waals surface area contributed by atoms with Gasteiger partial charge in [-0.25, -0.2) is 4.99 Å². The molecule has 2 heterocycles. The molecule has 5 heteroatoms. The lowest BCUT2D eigenvalue weighted by Crippen LogP contribution is -2.35. The Hall–Kier alpha value is -1.75. The van der Waals surface area contributed by atoms with Crippen LogP contribution in [0.4, 0.5) is 5.69 Å². The van der Waals surface area contributed by atoms with Crippen molar-refractivity contribution in [3.05, 3.63) is 41.6 Å². The van der Waals surface area contributed by atoms with E-state index < -0.39 is 4.93 Å². The van der Waals surface area contributed by atoms with Gasteiger partial charge < -0.3 is 10.1 Å². The molecule has 1 saturated heterocycles. The van der Waals surface area contributed by atoms with E-state index in [9.17, 15) is 4.79 Å². The lowest BCUT2D eigenvalue weighted by molar-refractivity contribution is -0.144. The number of ether oxygens (including phenoxy) is 1. The number of hydrogen-bond donors (Lipinski definition) is 1. The number of thioether (sulfide) groups is 1. The summed E-state index contributed by atoms with van der Waals surface area (Å²) in [6, 6.07) is 8.07. The van der Waals surface area contributed by atoms with Gasteiger partial charge in [0, 0.05) is 12.8 Å². The summed E-state index contributed by atoms with van der Waals surface area (Å²) in [5.41, 5.74) is 3.11. The fourth-order valence-corrected chi connectivity index (χ4v) is 3.97. The molecule has 1 aromatic carbocycles. The van der Waals surface area contributed by atoms with E-state index >= 15 is 0 Å². The molecule has 0 spiro atoms. The topological polar surface area (TPSA) is 50.7 Å². The average molecular weight is 330 g/mol. The maximum atomic E-state index is 11.7. The fraction of sp³-hybridized carbons (Fsp3) is 0.444. The molecular weight excluding hydrogens is 308 g/mol. The molecule has 4 nitrogen and oxygen atoms in total. The maximum Gasteiger partial charge on any atom is 0.317 e. The number of aryl methyl sites for hydroxylation is 1. The first-order chi connectivity index (χ1) is 11.1. The van der Waals surface area contributed by atoms with Gasteiger partial charge in [-0.15, -0.1) is 0 Å². The van der Waals surface area contributed by atoms with Gasteiger partial charge >= 0.3 is 5.97 Å². The zero-order valence-electron chi connectivity index (χ0n) is 13.6. The van der Waals surface area contributed by atoms with Crippen LogP contribution in [-0.2, 0) is 9.53 Å². The number of cyclic esters (lactones) is 1. The van der Waals surface area contributed by atoms with Crippen LogP contribution in [0.1, 0.15) is 38.2 Å². The molecule has 0 radical (unpaired) electrons. The predicted molar refractivity (Wildman–Crippen MR) is 94.9 cm³/mol. The van der Waals surface area contributed by atoms with Gasteiger partial charge in [-0.05, 0) is 25.0 Å². The van der Waals surface area contributed by atoms with E-state index in [-0.39, 0.29) is 5.97 Å². The number of carbonyl (C=O) groups is 1. The molecular formula is C18H22N2O2S. The normalized spacial score (nSPS) is 25.4. The summed E-state index contributed by atoms with van der Waals surface area (Å²) in [7, 11) is 0. The summed E-state index contributed by atoms with van der Waals surface area (Å²) in [6.07, 6.45) is 5.81. The molecule has 0 amide bonds. The van der Waals surface area contributed by atoms with Crippen molar-refractivity contribution < 1.29 is 9.53 Å². The molecule has 1 fully saturated rings. The van der Waals surface area contributed by atoms with Crippen molar-refractivity contribution >= 4 is 29.3 Å². The van der Waals surface area contributed by atoms with Crippen LogP contribution in [0, 0.1) is 6.92 Å². The number of hydrogen-bond acceptors (Lipinski definition) is 4. The monoisotopic (exact) mass is 330 g/mol. The van der Waals surface area contributed by atoms with Crippen LogP contribution < -0.4 is 5.32 Å². The second-order valence-corrected chi connectivity index (χ2v) is 7.15. The summed E-state index contributed by atoms with van der Waals surface area (Å²) in [6.45, 7) is 4.21. The summed E-state index contributed by atoms with van der Waals surface area (Å²) >= 11 is 1.59. The highest BCUT2D eigenvalue weighted by Crippen LogP contribution is 2.44. The SMILES string of the molecule is CCCC[C@]1(C2=CCC(=Nc3ccccc3C)N2)OC(=O)CS1. The smallest absolute Gasteiger partial charge is 0.317 e. The number of amidine groups is 1. The number of aliphatic imine (C=N–C) groups is 1. The van der Waals surface area contributed by atoms with Crippen LogP contribution in [0.5, 0.6) is 0 Å². The number of benzene rings is 1. The van der Waals surface area contributed by atoms with Gasteiger partial charge in [0.15, 0.2) is 4.93 Å². The van der Waals surface area contributed by atoms with E-state index in [4.69, 9.17) is 9.73 Å². The number of para-hydroxylation sites is 1. The zero-order valence-corrected chi connectivity index (χ0v) is 14.4. The molecule has 0 unspecified atom stereocenters. The first-order valence-electron chi connectivity index (χ1n) is 8.09. The van der Waals surface area contributed by atoms with Gasteiger partial charge in [-0.1, -0.05) is 49.4 Å². The number of rotatable bonds is 5.